The number of nitrogens with one attached hydrogen (secondary N) is 1. The molecule has 3 aromatic rings. The molecular formula is C25H27N3O4. The fourth-order valence-electron chi connectivity index (χ4n) is 4.08. The van der Waals surface area contributed by atoms with E-state index in [1.165, 1.54) is 11.2 Å². The quantitative estimate of drug-likeness (QED) is 0.565. The minimum absolute atomic E-state index is 0.113. The van der Waals surface area contributed by atoms with Crippen LogP contribution in [0.5, 0.6) is 5.75 Å². The highest BCUT2D eigenvalue weighted by Crippen LogP contribution is 2.31. The molecule has 2 heterocycles. The molecule has 2 amide bonds. The summed E-state index contributed by atoms with van der Waals surface area (Å²) in [5.74, 6) is 0.199. The van der Waals surface area contributed by atoms with Crippen LogP contribution in [0.25, 0.3) is 0 Å². The van der Waals surface area contributed by atoms with Crippen molar-refractivity contribution in [1.29, 1.82) is 0 Å². The zero-order valence-corrected chi connectivity index (χ0v) is 18.1. The number of hydrogen-bond donors (Lipinski definition) is 1. The molecular weight excluding hydrogens is 406 g/mol. The van der Waals surface area contributed by atoms with Gasteiger partial charge in [-0.15, -0.1) is 0 Å². The maximum absolute atomic E-state index is 13.6. The minimum Gasteiger partial charge on any atom is -0.494 e. The molecule has 0 spiro atoms. The summed E-state index contributed by atoms with van der Waals surface area (Å²) < 4.78 is 10.9. The van der Waals surface area contributed by atoms with Crippen molar-refractivity contribution in [3.63, 3.8) is 0 Å². The van der Waals surface area contributed by atoms with E-state index in [0.29, 0.717) is 23.6 Å². The predicted octanol–water partition coefficient (Wildman–Crippen LogP) is 4.52. The van der Waals surface area contributed by atoms with Gasteiger partial charge in [0.15, 0.2) is 5.76 Å². The van der Waals surface area contributed by atoms with Gasteiger partial charge in [-0.25, -0.2) is 0 Å². The summed E-state index contributed by atoms with van der Waals surface area (Å²) in [5, 5.41) is 3.14. The van der Waals surface area contributed by atoms with Crippen molar-refractivity contribution in [3.8, 4) is 5.75 Å². The summed E-state index contributed by atoms with van der Waals surface area (Å²) in [6.07, 6.45) is 8.79. The van der Waals surface area contributed by atoms with Crippen LogP contribution in [0, 0.1) is 0 Å². The molecule has 0 aliphatic heterocycles. The highest BCUT2D eigenvalue weighted by atomic mass is 16.5. The first-order valence-electron chi connectivity index (χ1n) is 11.0. The Bertz CT molecular complexity index is 1010. The Labute approximate surface area is 187 Å². The van der Waals surface area contributed by atoms with E-state index in [2.05, 4.69) is 10.3 Å². The largest absolute Gasteiger partial charge is 0.494 e. The van der Waals surface area contributed by atoms with Crippen molar-refractivity contribution in [3.05, 3.63) is 78.5 Å². The van der Waals surface area contributed by atoms with Gasteiger partial charge >= 0.3 is 0 Å². The molecule has 4 rings (SSSR count). The summed E-state index contributed by atoms with van der Waals surface area (Å²) in [5.41, 5.74) is 1.18. The van der Waals surface area contributed by atoms with E-state index in [9.17, 15) is 9.59 Å². The lowest BCUT2D eigenvalue weighted by Gasteiger charge is -2.31. The maximum Gasteiger partial charge on any atom is 0.294 e. The van der Waals surface area contributed by atoms with Crippen molar-refractivity contribution >= 4 is 17.5 Å². The highest BCUT2D eigenvalue weighted by Gasteiger charge is 2.35. The van der Waals surface area contributed by atoms with Crippen molar-refractivity contribution in [2.75, 3.05) is 11.5 Å². The number of ether oxygens (including phenoxy) is 1. The Morgan fingerprint density at radius 3 is 2.56 bits per heavy atom. The Morgan fingerprint density at radius 1 is 1.16 bits per heavy atom. The molecule has 166 valence electrons. The van der Waals surface area contributed by atoms with Crippen LogP contribution in [0.2, 0.25) is 0 Å². The Kier molecular flexibility index (Phi) is 6.84. The van der Waals surface area contributed by atoms with Gasteiger partial charge in [-0.1, -0.05) is 18.9 Å². The van der Waals surface area contributed by atoms with Gasteiger partial charge in [0.05, 0.1) is 12.9 Å². The number of nitrogens with zero attached hydrogens (tertiary/aromatic N) is 2. The zero-order valence-electron chi connectivity index (χ0n) is 18.1. The molecule has 1 aromatic carbocycles. The number of pyridine rings is 1. The average molecular weight is 434 g/mol. The number of carbonyl (C=O) groups excluding carboxylic acids is 2. The smallest absolute Gasteiger partial charge is 0.294 e. The van der Waals surface area contributed by atoms with E-state index >= 15 is 0 Å². The average Bonchev–Trinajstić information content (AvgIpc) is 3.53. The first kappa shape index (κ1) is 21.6. The normalized spacial score (nSPS) is 14.7. The number of amides is 2. The minimum atomic E-state index is -0.903. The molecule has 7 heteroatoms. The maximum atomic E-state index is 13.6. The topological polar surface area (TPSA) is 84.7 Å². The third kappa shape index (κ3) is 4.82. The van der Waals surface area contributed by atoms with Crippen molar-refractivity contribution in [1.82, 2.24) is 10.3 Å². The third-order valence-corrected chi connectivity index (χ3v) is 5.58. The molecule has 0 radical (unpaired) electrons. The molecule has 2 aromatic heterocycles. The second-order valence-electron chi connectivity index (χ2n) is 7.76. The van der Waals surface area contributed by atoms with E-state index in [-0.39, 0.29) is 17.7 Å². The summed E-state index contributed by atoms with van der Waals surface area (Å²) in [4.78, 5) is 32.8. The van der Waals surface area contributed by atoms with Crippen LogP contribution in [-0.2, 0) is 4.79 Å². The molecule has 1 atom stereocenters. The molecule has 0 saturated heterocycles. The van der Waals surface area contributed by atoms with E-state index in [1.54, 1.807) is 54.9 Å². The van der Waals surface area contributed by atoms with Crippen LogP contribution >= 0.6 is 0 Å². The molecule has 32 heavy (non-hydrogen) atoms. The summed E-state index contributed by atoms with van der Waals surface area (Å²) in [6, 6.07) is 13.2. The molecule has 1 fully saturated rings. The van der Waals surface area contributed by atoms with Gasteiger partial charge < -0.3 is 14.5 Å². The van der Waals surface area contributed by atoms with Crippen LogP contribution in [0.3, 0.4) is 0 Å². The lowest BCUT2D eigenvalue weighted by Crippen LogP contribution is -2.46. The predicted molar refractivity (Wildman–Crippen MR) is 121 cm³/mol. The SMILES string of the molecule is CCOc1ccc(N(C(=O)c2ccco2)[C@H](C(=O)NC2CCCC2)c2cccnc2)cc1. The molecule has 0 bridgehead atoms. The van der Waals surface area contributed by atoms with Crippen LogP contribution in [0.4, 0.5) is 5.69 Å². The van der Waals surface area contributed by atoms with Gasteiger partial charge in [0.2, 0.25) is 5.91 Å². The fourth-order valence-corrected chi connectivity index (χ4v) is 4.08. The molecule has 0 unspecified atom stereocenters. The van der Waals surface area contributed by atoms with Crippen LogP contribution in [0.15, 0.2) is 71.6 Å². The van der Waals surface area contributed by atoms with Gasteiger partial charge in [-0.05, 0) is 62.2 Å². The van der Waals surface area contributed by atoms with Gasteiger partial charge in [0, 0.05) is 29.7 Å². The molecule has 1 aliphatic rings. The number of carbonyl (C=O) groups is 2. The van der Waals surface area contributed by atoms with Gasteiger partial charge in [0.25, 0.3) is 5.91 Å². The summed E-state index contributed by atoms with van der Waals surface area (Å²) in [6.45, 7) is 2.45. The second-order valence-corrected chi connectivity index (χ2v) is 7.76. The van der Waals surface area contributed by atoms with Crippen LogP contribution in [-0.4, -0.2) is 29.4 Å². The Balaban J connectivity index is 1.76. The summed E-state index contributed by atoms with van der Waals surface area (Å²) >= 11 is 0. The molecule has 1 N–H and O–H groups in total. The number of anilines is 1. The van der Waals surface area contributed by atoms with E-state index in [0.717, 1.165) is 25.7 Å². The molecule has 1 aliphatic carbocycles. The zero-order chi connectivity index (χ0) is 22.3. The van der Waals surface area contributed by atoms with Crippen molar-refractivity contribution in [2.24, 2.45) is 0 Å². The molecule has 7 nitrogen and oxygen atoms in total. The van der Waals surface area contributed by atoms with E-state index in [4.69, 9.17) is 9.15 Å². The number of benzene rings is 1. The Hall–Kier alpha value is -3.61. The molecule has 1 saturated carbocycles. The van der Waals surface area contributed by atoms with Gasteiger partial charge in [-0.2, -0.15) is 0 Å². The highest BCUT2D eigenvalue weighted by molar-refractivity contribution is 6.08. The van der Waals surface area contributed by atoms with Crippen LogP contribution < -0.4 is 15.0 Å². The monoisotopic (exact) mass is 433 g/mol. The first-order chi connectivity index (χ1) is 15.7. The second kappa shape index (κ2) is 10.1. The van der Waals surface area contributed by atoms with Gasteiger partial charge in [0.1, 0.15) is 11.8 Å². The fraction of sp³-hybridized carbons (Fsp3) is 0.320. The van der Waals surface area contributed by atoms with Crippen molar-refractivity contribution in [2.45, 2.75) is 44.7 Å². The van der Waals surface area contributed by atoms with Crippen molar-refractivity contribution < 1.29 is 18.7 Å². The first-order valence-corrected chi connectivity index (χ1v) is 11.0. The van der Waals surface area contributed by atoms with E-state index in [1.807, 2.05) is 13.0 Å². The standard InChI is InChI=1S/C25H27N3O4/c1-2-31-21-13-11-20(12-14-21)28(25(30)22-10-6-16-32-22)23(18-7-5-15-26-17-18)24(29)27-19-8-3-4-9-19/h5-7,10-17,19,23H,2-4,8-9H2,1H3,(H,27,29)/t23-/m0/s1. The number of hydrogen-bond acceptors (Lipinski definition) is 5. The number of rotatable bonds is 8. The Morgan fingerprint density at radius 2 is 1.94 bits per heavy atom. The van der Waals surface area contributed by atoms with E-state index < -0.39 is 11.9 Å². The lowest BCUT2D eigenvalue weighted by atomic mass is 10.0. The lowest BCUT2D eigenvalue weighted by molar-refractivity contribution is -0.123. The summed E-state index contributed by atoms with van der Waals surface area (Å²) in [7, 11) is 0. The third-order valence-electron chi connectivity index (χ3n) is 5.58. The van der Waals surface area contributed by atoms with Crippen LogP contribution in [0.1, 0.15) is 54.8 Å². The number of furan rings is 1. The number of aromatic nitrogens is 1. The van der Waals surface area contributed by atoms with Gasteiger partial charge in [-0.3, -0.25) is 19.5 Å².